The molecule has 0 aliphatic rings. The smallest absolute Gasteiger partial charge is 0.328 e. The van der Waals surface area contributed by atoms with E-state index in [9.17, 15) is 4.79 Å². The molecule has 0 spiro atoms. The first kappa shape index (κ1) is 14.2. The largest absolute Gasteiger partial charge is 0.465 e. The summed E-state index contributed by atoms with van der Waals surface area (Å²) in [5, 5.41) is 5.34. The third-order valence-electron chi connectivity index (χ3n) is 2.75. The number of thiophene rings is 1. The van der Waals surface area contributed by atoms with Crippen LogP contribution in [0.25, 0.3) is 0 Å². The topological polar surface area (TPSA) is 38.3 Å². The molecule has 0 saturated carbocycles. The van der Waals surface area contributed by atoms with Crippen molar-refractivity contribution in [3.63, 3.8) is 0 Å². The molecule has 17 heavy (non-hydrogen) atoms. The van der Waals surface area contributed by atoms with E-state index in [1.165, 1.54) is 0 Å². The summed E-state index contributed by atoms with van der Waals surface area (Å²) in [5.74, 6) is -0.182. The average Bonchev–Trinajstić information content (AvgIpc) is 2.72. The molecule has 0 aliphatic carbocycles. The fourth-order valence-corrected chi connectivity index (χ4v) is 2.53. The Hall–Kier alpha value is -0.870. The van der Waals surface area contributed by atoms with Gasteiger partial charge in [0.25, 0.3) is 0 Å². The van der Waals surface area contributed by atoms with Crippen molar-refractivity contribution in [3.8, 4) is 0 Å². The van der Waals surface area contributed by atoms with Crippen LogP contribution in [0.1, 0.15) is 43.7 Å². The van der Waals surface area contributed by atoms with E-state index in [1.54, 1.807) is 11.3 Å². The van der Waals surface area contributed by atoms with Crippen molar-refractivity contribution in [3.05, 3.63) is 21.9 Å². The van der Waals surface area contributed by atoms with Gasteiger partial charge in [-0.2, -0.15) is 0 Å². The van der Waals surface area contributed by atoms with Crippen LogP contribution < -0.4 is 5.32 Å². The normalized spacial score (nSPS) is 14.4. The number of ether oxygens (including phenoxy) is 1. The van der Waals surface area contributed by atoms with Gasteiger partial charge >= 0.3 is 5.97 Å². The van der Waals surface area contributed by atoms with Crippen LogP contribution in [-0.2, 0) is 9.53 Å². The Labute approximate surface area is 107 Å². The van der Waals surface area contributed by atoms with Gasteiger partial charge in [0, 0.05) is 10.9 Å². The van der Waals surface area contributed by atoms with Crippen LogP contribution >= 0.6 is 11.3 Å². The maximum Gasteiger partial charge on any atom is 0.328 e. The van der Waals surface area contributed by atoms with Crippen molar-refractivity contribution in [2.75, 3.05) is 6.61 Å². The second kappa shape index (κ2) is 6.77. The van der Waals surface area contributed by atoms with Gasteiger partial charge in [-0.1, -0.05) is 6.92 Å². The molecule has 1 aromatic rings. The first-order valence-electron chi connectivity index (χ1n) is 6.06. The Balaban J connectivity index is 2.86. The van der Waals surface area contributed by atoms with E-state index in [1.807, 2.05) is 25.3 Å². The molecule has 2 unspecified atom stereocenters. The second-order valence-corrected chi connectivity index (χ2v) is 5.08. The average molecular weight is 255 g/mol. The molecule has 2 atom stereocenters. The molecule has 0 bridgehead atoms. The molecule has 1 aromatic heterocycles. The first-order valence-corrected chi connectivity index (χ1v) is 6.94. The Morgan fingerprint density at radius 3 is 2.71 bits per heavy atom. The summed E-state index contributed by atoms with van der Waals surface area (Å²) < 4.78 is 5.13. The van der Waals surface area contributed by atoms with Gasteiger partial charge in [-0.15, -0.1) is 11.3 Å². The van der Waals surface area contributed by atoms with Gasteiger partial charge in [-0.25, -0.2) is 4.79 Å². The molecule has 0 saturated heterocycles. The fraction of sp³-hybridized carbons (Fsp3) is 0.615. The third kappa shape index (κ3) is 3.82. The lowest BCUT2D eigenvalue weighted by atomic mass is 10.1. The minimum Gasteiger partial charge on any atom is -0.465 e. The number of nitrogens with one attached hydrogen (secondary N) is 1. The molecule has 3 nitrogen and oxygen atoms in total. The number of hydrogen-bond acceptors (Lipinski definition) is 4. The predicted molar refractivity (Wildman–Crippen MR) is 71.3 cm³/mol. The van der Waals surface area contributed by atoms with Gasteiger partial charge in [-0.3, -0.25) is 5.32 Å². The summed E-state index contributed by atoms with van der Waals surface area (Å²) in [6.45, 7) is 8.45. The van der Waals surface area contributed by atoms with Crippen LogP contribution in [0, 0.1) is 6.92 Å². The van der Waals surface area contributed by atoms with E-state index in [4.69, 9.17) is 4.74 Å². The summed E-state index contributed by atoms with van der Waals surface area (Å²) in [4.78, 5) is 13.0. The highest BCUT2D eigenvalue weighted by molar-refractivity contribution is 7.10. The van der Waals surface area contributed by atoms with E-state index >= 15 is 0 Å². The second-order valence-electron chi connectivity index (χ2n) is 4.13. The maximum atomic E-state index is 12.0. The van der Waals surface area contributed by atoms with Crippen molar-refractivity contribution in [1.82, 2.24) is 5.32 Å². The molecule has 0 radical (unpaired) electrons. The lowest BCUT2D eigenvalue weighted by Crippen LogP contribution is -2.35. The van der Waals surface area contributed by atoms with E-state index in [0.717, 1.165) is 16.9 Å². The van der Waals surface area contributed by atoms with Gasteiger partial charge in [0.2, 0.25) is 0 Å². The van der Waals surface area contributed by atoms with Crippen molar-refractivity contribution in [2.45, 2.75) is 46.2 Å². The number of aryl methyl sites for hydroxylation is 1. The van der Waals surface area contributed by atoms with Crippen LogP contribution in [0.5, 0.6) is 0 Å². The molecule has 0 amide bonds. The summed E-state index contributed by atoms with van der Waals surface area (Å²) in [6.07, 6.45) is 0.986. The lowest BCUT2D eigenvalue weighted by molar-refractivity contribution is -0.146. The quantitative estimate of drug-likeness (QED) is 0.794. The molecular weight excluding hydrogens is 234 g/mol. The first-order chi connectivity index (χ1) is 8.10. The van der Waals surface area contributed by atoms with E-state index in [2.05, 4.69) is 19.2 Å². The van der Waals surface area contributed by atoms with Crippen molar-refractivity contribution < 1.29 is 9.53 Å². The molecule has 0 fully saturated rings. The van der Waals surface area contributed by atoms with Crippen LogP contribution in [0.2, 0.25) is 0 Å². The predicted octanol–water partition coefficient (Wildman–Crippen LogP) is 3.05. The van der Waals surface area contributed by atoms with Crippen LogP contribution in [0.4, 0.5) is 0 Å². The van der Waals surface area contributed by atoms with Crippen molar-refractivity contribution in [1.29, 1.82) is 0 Å². The number of rotatable bonds is 6. The van der Waals surface area contributed by atoms with Crippen LogP contribution in [0.15, 0.2) is 11.4 Å². The molecule has 1 heterocycles. The van der Waals surface area contributed by atoms with Crippen LogP contribution in [0.3, 0.4) is 0 Å². The number of hydrogen-bond donors (Lipinski definition) is 1. The summed E-state index contributed by atoms with van der Waals surface area (Å²) in [6, 6.07) is 2.00. The summed E-state index contributed by atoms with van der Waals surface area (Å²) in [5.41, 5.74) is 1.14. The third-order valence-corrected chi connectivity index (χ3v) is 3.83. The molecule has 4 heteroatoms. The van der Waals surface area contributed by atoms with E-state index in [-0.39, 0.29) is 12.0 Å². The highest BCUT2D eigenvalue weighted by Gasteiger charge is 2.25. The van der Waals surface area contributed by atoms with E-state index in [0.29, 0.717) is 12.6 Å². The van der Waals surface area contributed by atoms with Gasteiger partial charge in [-0.05, 0) is 44.2 Å². The summed E-state index contributed by atoms with van der Waals surface area (Å²) >= 11 is 1.60. The SMILES string of the molecule is CCOC(=O)C(NC(C)CC)c1sccc1C. The minimum atomic E-state index is -0.329. The zero-order chi connectivity index (χ0) is 12.8. The molecule has 0 aromatic carbocycles. The lowest BCUT2D eigenvalue weighted by Gasteiger charge is -2.21. The standard InChI is InChI=1S/C13H21NO2S/c1-5-10(4)14-11(13(15)16-6-2)12-9(3)7-8-17-12/h7-8,10-11,14H,5-6H2,1-4H3. The Morgan fingerprint density at radius 1 is 1.53 bits per heavy atom. The van der Waals surface area contributed by atoms with Gasteiger partial charge < -0.3 is 4.74 Å². The van der Waals surface area contributed by atoms with Gasteiger partial charge in [0.1, 0.15) is 6.04 Å². The minimum absolute atomic E-state index is 0.182. The Morgan fingerprint density at radius 2 is 2.24 bits per heavy atom. The van der Waals surface area contributed by atoms with Crippen molar-refractivity contribution >= 4 is 17.3 Å². The molecule has 1 rings (SSSR count). The highest BCUT2D eigenvalue weighted by atomic mass is 32.1. The number of esters is 1. The Kier molecular flexibility index (Phi) is 5.65. The summed E-state index contributed by atoms with van der Waals surface area (Å²) in [7, 11) is 0. The zero-order valence-electron chi connectivity index (χ0n) is 10.9. The van der Waals surface area contributed by atoms with E-state index < -0.39 is 0 Å². The molecule has 1 N–H and O–H groups in total. The van der Waals surface area contributed by atoms with Crippen LogP contribution in [-0.4, -0.2) is 18.6 Å². The monoisotopic (exact) mass is 255 g/mol. The highest BCUT2D eigenvalue weighted by Crippen LogP contribution is 2.25. The molecular formula is C13H21NO2S. The van der Waals surface area contributed by atoms with Crippen molar-refractivity contribution in [2.24, 2.45) is 0 Å². The maximum absolute atomic E-state index is 12.0. The molecule has 96 valence electrons. The molecule has 0 aliphatic heterocycles. The van der Waals surface area contributed by atoms with Gasteiger partial charge in [0.15, 0.2) is 0 Å². The fourth-order valence-electron chi connectivity index (χ4n) is 1.56. The Bertz CT molecular complexity index is 362. The van der Waals surface area contributed by atoms with Gasteiger partial charge in [0.05, 0.1) is 6.61 Å². The number of carbonyl (C=O) groups excluding carboxylic acids is 1. The zero-order valence-corrected chi connectivity index (χ0v) is 11.8. The number of carbonyl (C=O) groups is 1.